The molecule has 1 aliphatic carbocycles. The smallest absolute Gasteiger partial charge is 0.303 e. The van der Waals surface area contributed by atoms with Crippen LogP contribution in [0.25, 0.3) is 0 Å². The largest absolute Gasteiger partial charge is 0.458 e. The SMILES string of the molecule is CCC(C)(CC)C1C=CC(C(C)(C)C)[C@@H](OC(C)=O)[C@H]1OC(C)=O. The van der Waals surface area contributed by atoms with Crippen molar-refractivity contribution in [1.29, 1.82) is 0 Å². The van der Waals surface area contributed by atoms with E-state index in [9.17, 15) is 9.59 Å². The van der Waals surface area contributed by atoms with Crippen molar-refractivity contribution in [2.45, 2.75) is 80.4 Å². The van der Waals surface area contributed by atoms with E-state index in [1.54, 1.807) is 0 Å². The first-order chi connectivity index (χ1) is 11.0. The summed E-state index contributed by atoms with van der Waals surface area (Å²) in [6.07, 6.45) is 5.34. The molecule has 0 saturated heterocycles. The Morgan fingerprint density at radius 1 is 0.833 bits per heavy atom. The molecular formula is C20H34O4. The summed E-state index contributed by atoms with van der Waals surface area (Å²) in [5, 5.41) is 0. The average Bonchev–Trinajstić information content (AvgIpc) is 2.45. The molecule has 4 atom stereocenters. The van der Waals surface area contributed by atoms with Gasteiger partial charge in [-0.15, -0.1) is 0 Å². The molecule has 0 aromatic carbocycles. The van der Waals surface area contributed by atoms with E-state index in [0.29, 0.717) is 0 Å². The normalized spacial score (nSPS) is 27.7. The standard InChI is InChI=1S/C20H34O4/c1-9-20(8,10-2)16-12-11-15(19(5,6)7)17(23-13(3)21)18(16)24-14(4)22/h11-12,15-18H,9-10H2,1-8H3/t15?,16?,17-,18+/m1/s1. The Hall–Kier alpha value is -1.32. The maximum absolute atomic E-state index is 11.8. The summed E-state index contributed by atoms with van der Waals surface area (Å²) in [6.45, 7) is 15.7. The summed E-state index contributed by atoms with van der Waals surface area (Å²) in [6, 6.07) is 0. The quantitative estimate of drug-likeness (QED) is 0.546. The van der Waals surface area contributed by atoms with Crippen LogP contribution < -0.4 is 0 Å². The molecule has 0 amide bonds. The fourth-order valence-electron chi connectivity index (χ4n) is 3.66. The highest BCUT2D eigenvalue weighted by molar-refractivity contribution is 5.67. The van der Waals surface area contributed by atoms with Crippen molar-refractivity contribution in [3.8, 4) is 0 Å². The first-order valence-corrected chi connectivity index (χ1v) is 8.99. The lowest BCUT2D eigenvalue weighted by Gasteiger charge is -2.48. The van der Waals surface area contributed by atoms with Gasteiger partial charge < -0.3 is 9.47 Å². The van der Waals surface area contributed by atoms with Crippen molar-refractivity contribution >= 4 is 11.9 Å². The number of hydrogen-bond acceptors (Lipinski definition) is 4. The average molecular weight is 338 g/mol. The van der Waals surface area contributed by atoms with Crippen LogP contribution in [0.15, 0.2) is 12.2 Å². The Labute approximate surface area is 147 Å². The van der Waals surface area contributed by atoms with Crippen LogP contribution in [0.5, 0.6) is 0 Å². The molecule has 1 rings (SSSR count). The van der Waals surface area contributed by atoms with Gasteiger partial charge in [-0.05, 0) is 10.8 Å². The highest BCUT2D eigenvalue weighted by atomic mass is 16.6. The van der Waals surface area contributed by atoms with Crippen LogP contribution in [0.1, 0.15) is 68.2 Å². The third-order valence-electron chi connectivity index (χ3n) is 5.58. The Morgan fingerprint density at radius 3 is 1.54 bits per heavy atom. The molecule has 2 unspecified atom stereocenters. The van der Waals surface area contributed by atoms with E-state index in [1.165, 1.54) is 13.8 Å². The highest BCUT2D eigenvalue weighted by Crippen LogP contribution is 2.47. The van der Waals surface area contributed by atoms with Crippen molar-refractivity contribution in [2.24, 2.45) is 22.7 Å². The second-order valence-electron chi connectivity index (χ2n) is 8.31. The zero-order chi connectivity index (χ0) is 18.7. The predicted molar refractivity (Wildman–Crippen MR) is 95.4 cm³/mol. The third kappa shape index (κ3) is 4.61. The van der Waals surface area contributed by atoms with Gasteiger partial charge in [0.25, 0.3) is 0 Å². The minimum Gasteiger partial charge on any atom is -0.458 e. The number of rotatable bonds is 5. The molecule has 0 N–H and O–H groups in total. The maximum atomic E-state index is 11.8. The number of carbonyl (C=O) groups is 2. The van der Waals surface area contributed by atoms with Crippen LogP contribution >= 0.6 is 0 Å². The summed E-state index contributed by atoms with van der Waals surface area (Å²) >= 11 is 0. The van der Waals surface area contributed by atoms with Gasteiger partial charge in [-0.25, -0.2) is 0 Å². The van der Waals surface area contributed by atoms with Crippen LogP contribution in [-0.2, 0) is 19.1 Å². The van der Waals surface area contributed by atoms with Gasteiger partial charge >= 0.3 is 11.9 Å². The van der Waals surface area contributed by atoms with E-state index in [4.69, 9.17) is 9.47 Å². The first-order valence-electron chi connectivity index (χ1n) is 8.99. The number of ether oxygens (including phenoxy) is 2. The molecule has 24 heavy (non-hydrogen) atoms. The number of hydrogen-bond donors (Lipinski definition) is 0. The zero-order valence-electron chi connectivity index (χ0n) is 16.5. The van der Waals surface area contributed by atoms with E-state index in [1.807, 2.05) is 0 Å². The fourth-order valence-corrected chi connectivity index (χ4v) is 3.66. The lowest BCUT2D eigenvalue weighted by atomic mass is 9.62. The minimum absolute atomic E-state index is 0.0000350. The molecule has 0 aromatic rings. The molecule has 0 aromatic heterocycles. The molecule has 0 aliphatic heterocycles. The van der Waals surface area contributed by atoms with Gasteiger partial charge in [-0.3, -0.25) is 9.59 Å². The van der Waals surface area contributed by atoms with Crippen molar-refractivity contribution in [2.75, 3.05) is 0 Å². The molecule has 0 heterocycles. The summed E-state index contributed by atoms with van der Waals surface area (Å²) in [4.78, 5) is 23.5. The fraction of sp³-hybridized carbons (Fsp3) is 0.800. The molecule has 0 saturated carbocycles. The molecule has 4 nitrogen and oxygen atoms in total. The van der Waals surface area contributed by atoms with Crippen LogP contribution in [0.2, 0.25) is 0 Å². The minimum atomic E-state index is -0.459. The predicted octanol–water partition coefficient (Wildman–Crippen LogP) is 4.52. The van der Waals surface area contributed by atoms with Crippen LogP contribution in [-0.4, -0.2) is 24.1 Å². The lowest BCUT2D eigenvalue weighted by Crippen LogP contribution is -2.53. The molecular weight excluding hydrogens is 304 g/mol. The molecule has 0 spiro atoms. The zero-order valence-corrected chi connectivity index (χ0v) is 16.5. The lowest BCUT2D eigenvalue weighted by molar-refractivity contribution is -0.181. The number of esters is 2. The Balaban J connectivity index is 3.40. The Kier molecular flexibility index (Phi) is 6.66. The molecule has 0 bridgehead atoms. The molecule has 4 heteroatoms. The van der Waals surface area contributed by atoms with E-state index in [-0.39, 0.29) is 34.6 Å². The Morgan fingerprint density at radius 2 is 1.21 bits per heavy atom. The van der Waals surface area contributed by atoms with Gasteiger partial charge in [0.15, 0.2) is 0 Å². The van der Waals surface area contributed by atoms with Crippen molar-refractivity contribution in [3.05, 3.63) is 12.2 Å². The Bertz CT molecular complexity index is 482. The van der Waals surface area contributed by atoms with Crippen LogP contribution in [0.3, 0.4) is 0 Å². The van der Waals surface area contributed by atoms with Gasteiger partial charge in [-0.2, -0.15) is 0 Å². The van der Waals surface area contributed by atoms with Gasteiger partial charge in [0.2, 0.25) is 0 Å². The first kappa shape index (κ1) is 20.7. The van der Waals surface area contributed by atoms with E-state index < -0.39 is 12.2 Å². The second-order valence-corrected chi connectivity index (χ2v) is 8.31. The number of carbonyl (C=O) groups excluding carboxylic acids is 2. The van der Waals surface area contributed by atoms with E-state index in [2.05, 4.69) is 53.7 Å². The third-order valence-corrected chi connectivity index (χ3v) is 5.58. The summed E-state index contributed by atoms with van der Waals surface area (Å²) in [7, 11) is 0. The van der Waals surface area contributed by atoms with Crippen molar-refractivity contribution < 1.29 is 19.1 Å². The van der Waals surface area contributed by atoms with Crippen molar-refractivity contribution in [3.63, 3.8) is 0 Å². The summed E-state index contributed by atoms with van der Waals surface area (Å²) < 4.78 is 11.4. The molecule has 1 aliphatic rings. The van der Waals surface area contributed by atoms with E-state index in [0.717, 1.165) is 12.8 Å². The second kappa shape index (κ2) is 7.71. The highest BCUT2D eigenvalue weighted by Gasteiger charge is 2.49. The molecule has 138 valence electrons. The van der Waals surface area contributed by atoms with Gasteiger partial charge in [0, 0.05) is 25.7 Å². The van der Waals surface area contributed by atoms with Crippen LogP contribution in [0, 0.1) is 22.7 Å². The topological polar surface area (TPSA) is 52.6 Å². The van der Waals surface area contributed by atoms with Gasteiger partial charge in [0.05, 0.1) is 0 Å². The van der Waals surface area contributed by atoms with Gasteiger partial charge in [-0.1, -0.05) is 66.5 Å². The summed E-state index contributed by atoms with van der Waals surface area (Å²) in [5.74, 6) is -0.644. The van der Waals surface area contributed by atoms with Gasteiger partial charge in [0.1, 0.15) is 12.2 Å². The molecule has 0 fully saturated rings. The molecule has 0 radical (unpaired) electrons. The van der Waals surface area contributed by atoms with Crippen molar-refractivity contribution in [1.82, 2.24) is 0 Å². The summed E-state index contributed by atoms with van der Waals surface area (Å²) in [5.41, 5.74) is -0.118. The maximum Gasteiger partial charge on any atom is 0.303 e. The monoisotopic (exact) mass is 338 g/mol. The van der Waals surface area contributed by atoms with Crippen LogP contribution in [0.4, 0.5) is 0 Å². The van der Waals surface area contributed by atoms with E-state index >= 15 is 0 Å².